The van der Waals surface area contributed by atoms with Crippen molar-refractivity contribution in [3.63, 3.8) is 0 Å². The molecule has 0 spiro atoms. The van der Waals surface area contributed by atoms with Gasteiger partial charge >= 0.3 is 5.97 Å². The second kappa shape index (κ2) is 4.98. The molecule has 1 saturated carbocycles. The Morgan fingerprint density at radius 2 is 2.00 bits per heavy atom. The lowest BCUT2D eigenvalue weighted by molar-refractivity contribution is -0.148. The molecule has 1 aliphatic carbocycles. The molecule has 4 heteroatoms. The van der Waals surface area contributed by atoms with Crippen molar-refractivity contribution in [2.24, 2.45) is 0 Å². The van der Waals surface area contributed by atoms with E-state index in [9.17, 15) is 9.59 Å². The van der Waals surface area contributed by atoms with Gasteiger partial charge < -0.3 is 10.1 Å². The average molecular weight is 199 g/mol. The van der Waals surface area contributed by atoms with Crippen molar-refractivity contribution in [2.45, 2.75) is 51.7 Å². The van der Waals surface area contributed by atoms with E-state index in [0.29, 0.717) is 6.04 Å². The van der Waals surface area contributed by atoms with Gasteiger partial charge in [0.2, 0.25) is 5.91 Å². The molecular formula is C10H17NO3. The first-order chi connectivity index (χ1) is 6.58. The van der Waals surface area contributed by atoms with Crippen molar-refractivity contribution < 1.29 is 14.3 Å². The maximum Gasteiger partial charge on any atom is 0.306 e. The summed E-state index contributed by atoms with van der Waals surface area (Å²) in [6, 6.07) is 0.364. The fourth-order valence-electron chi connectivity index (χ4n) is 1.06. The van der Waals surface area contributed by atoms with E-state index in [1.165, 1.54) is 0 Å². The van der Waals surface area contributed by atoms with Crippen molar-refractivity contribution >= 4 is 11.9 Å². The van der Waals surface area contributed by atoms with E-state index in [4.69, 9.17) is 4.74 Å². The van der Waals surface area contributed by atoms with Gasteiger partial charge in [0.25, 0.3) is 0 Å². The van der Waals surface area contributed by atoms with Crippen molar-refractivity contribution in [2.75, 3.05) is 0 Å². The van der Waals surface area contributed by atoms with Crippen LogP contribution in [-0.2, 0) is 14.3 Å². The van der Waals surface area contributed by atoms with Gasteiger partial charge in [0.05, 0.1) is 12.5 Å². The molecule has 0 aromatic heterocycles. The SMILES string of the molecule is CC(C)OC(=O)CCC(=O)NC1CC1. The minimum absolute atomic E-state index is 0.0480. The van der Waals surface area contributed by atoms with Crippen LogP contribution in [0.3, 0.4) is 0 Å². The maximum absolute atomic E-state index is 11.2. The molecule has 0 aromatic carbocycles. The van der Waals surface area contributed by atoms with Crippen LogP contribution >= 0.6 is 0 Å². The molecule has 1 amide bonds. The average Bonchev–Trinajstić information content (AvgIpc) is 2.83. The highest BCUT2D eigenvalue weighted by Gasteiger charge is 2.23. The number of esters is 1. The summed E-state index contributed by atoms with van der Waals surface area (Å²) in [5.41, 5.74) is 0. The second-order valence-corrected chi connectivity index (χ2v) is 3.88. The highest BCUT2D eigenvalue weighted by atomic mass is 16.5. The number of amides is 1. The second-order valence-electron chi connectivity index (χ2n) is 3.88. The first kappa shape index (κ1) is 11.0. The highest BCUT2D eigenvalue weighted by molar-refractivity contribution is 5.81. The van der Waals surface area contributed by atoms with Crippen molar-refractivity contribution in [3.8, 4) is 0 Å². The molecule has 4 nitrogen and oxygen atoms in total. The number of hydrogen-bond donors (Lipinski definition) is 1. The van der Waals surface area contributed by atoms with Gasteiger partial charge in [-0.05, 0) is 26.7 Å². The molecular weight excluding hydrogens is 182 g/mol. The number of nitrogens with one attached hydrogen (secondary N) is 1. The van der Waals surface area contributed by atoms with E-state index in [1.54, 1.807) is 13.8 Å². The van der Waals surface area contributed by atoms with Crippen LogP contribution in [0.25, 0.3) is 0 Å². The molecule has 0 unspecified atom stereocenters. The minimum Gasteiger partial charge on any atom is -0.463 e. The molecule has 0 saturated heterocycles. The molecule has 0 aromatic rings. The summed E-state index contributed by atoms with van der Waals surface area (Å²) in [5.74, 6) is -0.348. The summed E-state index contributed by atoms with van der Waals surface area (Å²) in [6.45, 7) is 3.59. The van der Waals surface area contributed by atoms with Crippen LogP contribution in [0, 0.1) is 0 Å². The van der Waals surface area contributed by atoms with Gasteiger partial charge in [-0.25, -0.2) is 0 Å². The quantitative estimate of drug-likeness (QED) is 0.672. The first-order valence-corrected chi connectivity index (χ1v) is 5.07. The van der Waals surface area contributed by atoms with Crippen LogP contribution in [0.5, 0.6) is 0 Å². The van der Waals surface area contributed by atoms with Crippen LogP contribution in [0.4, 0.5) is 0 Å². The Labute approximate surface area is 84.0 Å². The lowest BCUT2D eigenvalue weighted by atomic mass is 10.3. The van der Waals surface area contributed by atoms with Crippen molar-refractivity contribution in [3.05, 3.63) is 0 Å². The van der Waals surface area contributed by atoms with E-state index in [-0.39, 0.29) is 30.8 Å². The van der Waals surface area contributed by atoms with Gasteiger partial charge in [0, 0.05) is 12.5 Å². The molecule has 0 radical (unpaired) electrons. The number of carbonyl (C=O) groups excluding carboxylic acids is 2. The van der Waals surface area contributed by atoms with E-state index < -0.39 is 0 Å². The molecule has 0 aliphatic heterocycles. The van der Waals surface area contributed by atoms with Crippen LogP contribution < -0.4 is 5.32 Å². The summed E-state index contributed by atoms with van der Waals surface area (Å²) < 4.78 is 4.90. The lowest BCUT2D eigenvalue weighted by Crippen LogP contribution is -2.26. The Morgan fingerprint density at radius 1 is 1.36 bits per heavy atom. The summed E-state index contributed by atoms with van der Waals surface area (Å²) in [7, 11) is 0. The standard InChI is InChI=1S/C10H17NO3/c1-7(2)14-10(13)6-5-9(12)11-8-3-4-8/h7-8H,3-6H2,1-2H3,(H,11,12). The molecule has 1 N–H and O–H groups in total. The van der Waals surface area contributed by atoms with Crippen LogP contribution in [0.2, 0.25) is 0 Å². The molecule has 14 heavy (non-hydrogen) atoms. The largest absolute Gasteiger partial charge is 0.463 e. The van der Waals surface area contributed by atoms with E-state index in [0.717, 1.165) is 12.8 Å². The number of rotatable bonds is 5. The van der Waals surface area contributed by atoms with Gasteiger partial charge in [-0.1, -0.05) is 0 Å². The fraction of sp³-hybridized carbons (Fsp3) is 0.800. The zero-order valence-corrected chi connectivity index (χ0v) is 8.71. The highest BCUT2D eigenvalue weighted by Crippen LogP contribution is 2.18. The zero-order chi connectivity index (χ0) is 10.6. The molecule has 0 atom stereocenters. The predicted octanol–water partition coefficient (Wildman–Crippen LogP) is 0.997. The third-order valence-corrected chi connectivity index (χ3v) is 1.87. The monoisotopic (exact) mass is 199 g/mol. The van der Waals surface area contributed by atoms with Crippen LogP contribution in [-0.4, -0.2) is 24.0 Å². The smallest absolute Gasteiger partial charge is 0.306 e. The molecule has 80 valence electrons. The van der Waals surface area contributed by atoms with Crippen LogP contribution in [0.15, 0.2) is 0 Å². The third kappa shape index (κ3) is 4.84. The maximum atomic E-state index is 11.2. The summed E-state index contributed by atoms with van der Waals surface area (Å²) in [4.78, 5) is 22.2. The Kier molecular flexibility index (Phi) is 3.92. The zero-order valence-electron chi connectivity index (χ0n) is 8.71. The number of hydrogen-bond acceptors (Lipinski definition) is 3. The van der Waals surface area contributed by atoms with Gasteiger partial charge in [-0.3, -0.25) is 9.59 Å². The normalized spacial score (nSPS) is 15.4. The summed E-state index contributed by atoms with van der Waals surface area (Å²) in [5, 5.41) is 2.82. The Balaban J connectivity index is 2.06. The Morgan fingerprint density at radius 3 is 2.50 bits per heavy atom. The molecule has 0 heterocycles. The van der Waals surface area contributed by atoms with Gasteiger partial charge in [0.15, 0.2) is 0 Å². The first-order valence-electron chi connectivity index (χ1n) is 5.07. The van der Waals surface area contributed by atoms with E-state index in [1.807, 2.05) is 0 Å². The fourth-order valence-corrected chi connectivity index (χ4v) is 1.06. The topological polar surface area (TPSA) is 55.4 Å². The summed E-state index contributed by atoms with van der Waals surface area (Å²) in [6.07, 6.45) is 2.46. The van der Waals surface area contributed by atoms with Gasteiger partial charge in [0.1, 0.15) is 0 Å². The molecule has 0 bridgehead atoms. The third-order valence-electron chi connectivity index (χ3n) is 1.87. The van der Waals surface area contributed by atoms with Crippen molar-refractivity contribution in [1.82, 2.24) is 5.32 Å². The molecule has 1 fully saturated rings. The Bertz CT molecular complexity index is 205. The van der Waals surface area contributed by atoms with Crippen molar-refractivity contribution in [1.29, 1.82) is 0 Å². The minimum atomic E-state index is -0.300. The van der Waals surface area contributed by atoms with E-state index >= 15 is 0 Å². The predicted molar refractivity (Wildman–Crippen MR) is 51.6 cm³/mol. The van der Waals surface area contributed by atoms with Gasteiger partial charge in [-0.2, -0.15) is 0 Å². The summed E-state index contributed by atoms with van der Waals surface area (Å²) >= 11 is 0. The molecule has 1 rings (SSSR count). The molecule has 1 aliphatic rings. The van der Waals surface area contributed by atoms with Crippen LogP contribution in [0.1, 0.15) is 39.5 Å². The van der Waals surface area contributed by atoms with E-state index in [2.05, 4.69) is 5.32 Å². The number of carbonyl (C=O) groups is 2. The van der Waals surface area contributed by atoms with Gasteiger partial charge in [-0.15, -0.1) is 0 Å². The Hall–Kier alpha value is -1.06. The lowest BCUT2D eigenvalue weighted by Gasteiger charge is -2.07. The number of ether oxygens (including phenoxy) is 1.